The first-order valence-corrected chi connectivity index (χ1v) is 7.73. The topological polar surface area (TPSA) is 56.1 Å². The SMILES string of the molecule is CC.CCOc1ccccc1C(=O)Nn1cc(C)nc1CC. The summed E-state index contributed by atoms with van der Waals surface area (Å²) in [6.45, 7) is 10.3. The van der Waals surface area contributed by atoms with Crippen LogP contribution in [-0.2, 0) is 6.42 Å². The van der Waals surface area contributed by atoms with E-state index in [1.807, 2.05) is 46.8 Å². The Morgan fingerprint density at radius 3 is 2.59 bits per heavy atom. The van der Waals surface area contributed by atoms with E-state index in [-0.39, 0.29) is 5.91 Å². The van der Waals surface area contributed by atoms with Crippen molar-refractivity contribution >= 4 is 5.91 Å². The van der Waals surface area contributed by atoms with Crippen molar-refractivity contribution in [3.8, 4) is 5.75 Å². The van der Waals surface area contributed by atoms with E-state index >= 15 is 0 Å². The highest BCUT2D eigenvalue weighted by atomic mass is 16.5. The van der Waals surface area contributed by atoms with Crippen LogP contribution in [0.5, 0.6) is 5.75 Å². The quantitative estimate of drug-likeness (QED) is 0.918. The summed E-state index contributed by atoms with van der Waals surface area (Å²) in [4.78, 5) is 16.7. The number of carbonyl (C=O) groups excluding carboxylic acids is 1. The molecule has 0 saturated carbocycles. The average molecular weight is 303 g/mol. The zero-order chi connectivity index (χ0) is 16.5. The largest absolute Gasteiger partial charge is 0.493 e. The van der Waals surface area contributed by atoms with Crippen LogP contribution in [-0.4, -0.2) is 22.2 Å². The van der Waals surface area contributed by atoms with Gasteiger partial charge >= 0.3 is 0 Å². The molecule has 1 aromatic carbocycles. The third kappa shape index (κ3) is 4.35. The van der Waals surface area contributed by atoms with Gasteiger partial charge in [0.05, 0.1) is 17.9 Å². The molecule has 5 heteroatoms. The number of para-hydroxylation sites is 1. The summed E-state index contributed by atoms with van der Waals surface area (Å²) < 4.78 is 7.14. The molecular weight excluding hydrogens is 278 g/mol. The van der Waals surface area contributed by atoms with Crippen LogP contribution in [0.1, 0.15) is 49.6 Å². The number of nitrogens with zero attached hydrogens (tertiary/aromatic N) is 2. The lowest BCUT2D eigenvalue weighted by atomic mass is 10.2. The van der Waals surface area contributed by atoms with Crippen LogP contribution < -0.4 is 10.2 Å². The fourth-order valence-corrected chi connectivity index (χ4v) is 2.00. The van der Waals surface area contributed by atoms with Crippen LogP contribution in [0.15, 0.2) is 30.5 Å². The maximum absolute atomic E-state index is 12.3. The highest BCUT2D eigenvalue weighted by Crippen LogP contribution is 2.18. The molecule has 2 rings (SSSR count). The van der Waals surface area contributed by atoms with Crippen molar-refractivity contribution in [1.82, 2.24) is 9.66 Å². The van der Waals surface area contributed by atoms with Gasteiger partial charge in [-0.25, -0.2) is 9.66 Å². The third-order valence-corrected chi connectivity index (χ3v) is 2.87. The van der Waals surface area contributed by atoms with Gasteiger partial charge in [-0.2, -0.15) is 0 Å². The van der Waals surface area contributed by atoms with Crippen molar-refractivity contribution in [2.75, 3.05) is 12.0 Å². The van der Waals surface area contributed by atoms with Crippen molar-refractivity contribution in [2.24, 2.45) is 0 Å². The summed E-state index contributed by atoms with van der Waals surface area (Å²) >= 11 is 0. The Bertz CT molecular complexity index is 606. The Kier molecular flexibility index (Phi) is 7.16. The average Bonchev–Trinajstić information content (AvgIpc) is 2.89. The summed E-state index contributed by atoms with van der Waals surface area (Å²) in [5.41, 5.74) is 4.22. The van der Waals surface area contributed by atoms with Gasteiger partial charge in [-0.05, 0) is 26.0 Å². The number of nitrogens with one attached hydrogen (secondary N) is 1. The van der Waals surface area contributed by atoms with E-state index < -0.39 is 0 Å². The van der Waals surface area contributed by atoms with E-state index in [9.17, 15) is 4.79 Å². The molecule has 1 heterocycles. The van der Waals surface area contributed by atoms with E-state index in [2.05, 4.69) is 10.4 Å². The van der Waals surface area contributed by atoms with E-state index in [0.717, 1.165) is 17.9 Å². The number of carbonyl (C=O) groups is 1. The van der Waals surface area contributed by atoms with Crippen molar-refractivity contribution in [1.29, 1.82) is 0 Å². The maximum Gasteiger partial charge on any atom is 0.273 e. The molecule has 1 amide bonds. The molecule has 0 aliphatic heterocycles. The Labute approximate surface area is 132 Å². The normalized spacial score (nSPS) is 9.68. The summed E-state index contributed by atoms with van der Waals surface area (Å²) in [6.07, 6.45) is 2.56. The first-order chi connectivity index (χ1) is 10.7. The van der Waals surface area contributed by atoms with Crippen LogP contribution in [0.4, 0.5) is 0 Å². The molecule has 120 valence electrons. The second-order valence-corrected chi connectivity index (χ2v) is 4.39. The summed E-state index contributed by atoms with van der Waals surface area (Å²) in [6, 6.07) is 7.20. The molecule has 0 aliphatic carbocycles. The lowest BCUT2D eigenvalue weighted by molar-refractivity contribution is 0.100. The monoisotopic (exact) mass is 303 g/mol. The Hall–Kier alpha value is -2.30. The molecule has 0 unspecified atom stereocenters. The molecule has 0 spiro atoms. The van der Waals surface area contributed by atoms with Gasteiger partial charge in [0, 0.05) is 12.6 Å². The van der Waals surface area contributed by atoms with Crippen LogP contribution >= 0.6 is 0 Å². The van der Waals surface area contributed by atoms with Crippen molar-refractivity contribution in [3.63, 3.8) is 0 Å². The number of imidazole rings is 1. The first kappa shape index (κ1) is 17.8. The number of hydrogen-bond donors (Lipinski definition) is 1. The van der Waals surface area contributed by atoms with Gasteiger partial charge in [0.15, 0.2) is 0 Å². The van der Waals surface area contributed by atoms with E-state index in [1.165, 1.54) is 0 Å². The van der Waals surface area contributed by atoms with Gasteiger partial charge in [0.2, 0.25) is 0 Å². The van der Waals surface area contributed by atoms with Crippen LogP contribution in [0, 0.1) is 6.92 Å². The number of aromatic nitrogens is 2. The van der Waals surface area contributed by atoms with Gasteiger partial charge in [-0.15, -0.1) is 0 Å². The second kappa shape index (κ2) is 8.87. The van der Waals surface area contributed by atoms with Crippen LogP contribution in [0.2, 0.25) is 0 Å². The minimum Gasteiger partial charge on any atom is -0.493 e. The number of rotatable bonds is 5. The molecule has 5 nitrogen and oxygen atoms in total. The van der Waals surface area contributed by atoms with Gasteiger partial charge in [-0.3, -0.25) is 10.2 Å². The molecule has 0 atom stereocenters. The second-order valence-electron chi connectivity index (χ2n) is 4.39. The molecule has 0 saturated heterocycles. The van der Waals surface area contributed by atoms with Gasteiger partial charge in [0.25, 0.3) is 5.91 Å². The predicted octanol–water partition coefficient (Wildman–Crippen LogP) is 3.56. The van der Waals surface area contributed by atoms with Gasteiger partial charge in [-0.1, -0.05) is 32.9 Å². The van der Waals surface area contributed by atoms with E-state index in [1.54, 1.807) is 23.0 Å². The fraction of sp³-hybridized carbons (Fsp3) is 0.412. The Morgan fingerprint density at radius 1 is 1.27 bits per heavy atom. The summed E-state index contributed by atoms with van der Waals surface area (Å²) in [7, 11) is 0. The number of aryl methyl sites for hydroxylation is 2. The molecule has 1 aromatic heterocycles. The summed E-state index contributed by atoms with van der Waals surface area (Å²) in [5, 5.41) is 0. The number of hydrogen-bond acceptors (Lipinski definition) is 3. The number of amides is 1. The highest BCUT2D eigenvalue weighted by Gasteiger charge is 2.13. The fourth-order valence-electron chi connectivity index (χ4n) is 2.00. The molecule has 0 fully saturated rings. The predicted molar refractivity (Wildman–Crippen MR) is 89.0 cm³/mol. The van der Waals surface area contributed by atoms with Crippen molar-refractivity contribution in [3.05, 3.63) is 47.5 Å². The molecule has 0 bridgehead atoms. The molecule has 22 heavy (non-hydrogen) atoms. The molecule has 1 N–H and O–H groups in total. The standard InChI is InChI=1S/C15H19N3O2.C2H6/c1-4-14-16-11(3)10-18(14)17-15(19)12-8-6-7-9-13(12)20-5-2;1-2/h6-10H,4-5H2,1-3H3,(H,17,19);1-2H3. The molecular formula is C17H25N3O2. The van der Waals surface area contributed by atoms with Gasteiger partial charge < -0.3 is 4.74 Å². The van der Waals surface area contributed by atoms with Crippen molar-refractivity contribution in [2.45, 2.75) is 41.0 Å². The Balaban J connectivity index is 0.00000116. The van der Waals surface area contributed by atoms with Crippen LogP contribution in [0.25, 0.3) is 0 Å². The minimum atomic E-state index is -0.207. The van der Waals surface area contributed by atoms with Crippen molar-refractivity contribution < 1.29 is 9.53 Å². The van der Waals surface area contributed by atoms with E-state index in [4.69, 9.17) is 4.74 Å². The smallest absolute Gasteiger partial charge is 0.273 e. The lowest BCUT2D eigenvalue weighted by Gasteiger charge is -2.12. The Morgan fingerprint density at radius 2 is 1.95 bits per heavy atom. The van der Waals surface area contributed by atoms with E-state index in [0.29, 0.717) is 17.9 Å². The number of ether oxygens (including phenoxy) is 1. The number of benzene rings is 1. The summed E-state index contributed by atoms with van der Waals surface area (Å²) in [5.74, 6) is 1.20. The minimum absolute atomic E-state index is 0.207. The molecule has 0 radical (unpaired) electrons. The zero-order valence-corrected chi connectivity index (χ0v) is 14.0. The molecule has 0 aliphatic rings. The third-order valence-electron chi connectivity index (χ3n) is 2.87. The molecule has 2 aromatic rings. The lowest BCUT2D eigenvalue weighted by Crippen LogP contribution is -2.24. The first-order valence-electron chi connectivity index (χ1n) is 7.73. The highest BCUT2D eigenvalue weighted by molar-refractivity contribution is 6.02. The maximum atomic E-state index is 12.3. The van der Waals surface area contributed by atoms with Crippen LogP contribution in [0.3, 0.4) is 0 Å². The van der Waals surface area contributed by atoms with Gasteiger partial charge in [0.1, 0.15) is 11.6 Å². The zero-order valence-electron chi connectivity index (χ0n) is 14.0.